The van der Waals surface area contributed by atoms with Crippen LogP contribution in [0, 0.1) is 17.8 Å². The molecule has 1 aliphatic carbocycles. The van der Waals surface area contributed by atoms with Gasteiger partial charge in [-0.05, 0) is 61.1 Å². The van der Waals surface area contributed by atoms with Crippen molar-refractivity contribution in [2.24, 2.45) is 17.8 Å². The van der Waals surface area contributed by atoms with Crippen molar-refractivity contribution >= 4 is 17.5 Å². The van der Waals surface area contributed by atoms with E-state index in [1.165, 1.54) is 19.3 Å². The minimum absolute atomic E-state index is 0.586. The summed E-state index contributed by atoms with van der Waals surface area (Å²) < 4.78 is 10.9. The second-order valence-electron chi connectivity index (χ2n) is 8.26. The first kappa shape index (κ1) is 19.4. The van der Waals surface area contributed by atoms with Gasteiger partial charge in [0, 0.05) is 18.7 Å². The zero-order valence-electron chi connectivity index (χ0n) is 16.8. The van der Waals surface area contributed by atoms with Crippen LogP contribution in [0.2, 0.25) is 5.02 Å². The number of nitrogens with zero attached hydrogens (tertiary/aromatic N) is 4. The van der Waals surface area contributed by atoms with Crippen molar-refractivity contribution in [2.45, 2.75) is 25.7 Å². The number of hydrogen-bond donors (Lipinski definition) is 0. The number of anilines is 1. The predicted molar refractivity (Wildman–Crippen MR) is 116 cm³/mol. The third kappa shape index (κ3) is 4.43. The molecule has 2 fully saturated rings. The van der Waals surface area contributed by atoms with Gasteiger partial charge in [-0.2, -0.15) is 0 Å². The van der Waals surface area contributed by atoms with Crippen LogP contribution in [0.15, 0.2) is 53.6 Å². The van der Waals surface area contributed by atoms with Crippen LogP contribution in [0.1, 0.15) is 25.7 Å². The molecule has 1 aromatic carbocycles. The highest BCUT2D eigenvalue weighted by atomic mass is 35.5. The summed E-state index contributed by atoms with van der Waals surface area (Å²) in [5.41, 5.74) is 2.07. The van der Waals surface area contributed by atoms with E-state index in [0.717, 1.165) is 66.7 Å². The van der Waals surface area contributed by atoms with Crippen LogP contribution < -0.4 is 9.64 Å². The standard InChI is InChI=1S/C23H25ClN4O2/c24-20-13-25-23(26-14-20)28-8-5-17(6-9-28)22-11-18(22)7-10-29-21-3-1-16(2-4-21)19-12-27-30-15-19/h1-4,12-15,17-18,22H,5-11H2/t18-,22-/m0/s1. The van der Waals surface area contributed by atoms with Gasteiger partial charge in [-0.1, -0.05) is 28.9 Å². The Kier molecular flexibility index (Phi) is 5.58. The molecule has 7 heteroatoms. The Morgan fingerprint density at radius 1 is 1.03 bits per heavy atom. The predicted octanol–water partition coefficient (Wildman–Crippen LogP) is 5.11. The summed E-state index contributed by atoms with van der Waals surface area (Å²) in [4.78, 5) is 11.0. The van der Waals surface area contributed by atoms with Crippen LogP contribution in [-0.2, 0) is 0 Å². The monoisotopic (exact) mass is 424 g/mol. The maximum Gasteiger partial charge on any atom is 0.225 e. The minimum Gasteiger partial charge on any atom is -0.494 e. The molecule has 1 aliphatic heterocycles. The van der Waals surface area contributed by atoms with Crippen molar-refractivity contribution in [2.75, 3.05) is 24.6 Å². The molecule has 0 radical (unpaired) electrons. The number of benzene rings is 1. The average molecular weight is 425 g/mol. The molecular formula is C23H25ClN4O2. The summed E-state index contributed by atoms with van der Waals surface area (Å²) in [5, 5.41) is 4.33. The van der Waals surface area contributed by atoms with E-state index in [-0.39, 0.29) is 0 Å². The van der Waals surface area contributed by atoms with E-state index in [9.17, 15) is 0 Å². The molecule has 3 aromatic rings. The normalized spacial score (nSPS) is 21.6. The van der Waals surface area contributed by atoms with Crippen LogP contribution in [0.25, 0.3) is 11.1 Å². The smallest absolute Gasteiger partial charge is 0.225 e. The molecule has 5 rings (SSSR count). The van der Waals surface area contributed by atoms with Gasteiger partial charge in [-0.15, -0.1) is 0 Å². The molecule has 30 heavy (non-hydrogen) atoms. The fourth-order valence-corrected chi connectivity index (χ4v) is 4.69. The Morgan fingerprint density at radius 2 is 1.80 bits per heavy atom. The Balaban J connectivity index is 1.03. The summed E-state index contributed by atoms with van der Waals surface area (Å²) in [6.45, 7) is 2.85. The highest BCUT2D eigenvalue weighted by Gasteiger charge is 2.43. The molecule has 1 saturated carbocycles. The van der Waals surface area contributed by atoms with E-state index >= 15 is 0 Å². The Bertz CT molecular complexity index is 938. The molecule has 2 aliphatic rings. The first-order chi connectivity index (χ1) is 14.8. The van der Waals surface area contributed by atoms with E-state index in [4.69, 9.17) is 20.9 Å². The van der Waals surface area contributed by atoms with E-state index < -0.39 is 0 Å². The number of hydrogen-bond acceptors (Lipinski definition) is 6. The van der Waals surface area contributed by atoms with Crippen molar-refractivity contribution in [1.82, 2.24) is 15.1 Å². The topological polar surface area (TPSA) is 64.3 Å². The first-order valence-corrected chi connectivity index (χ1v) is 11.0. The van der Waals surface area contributed by atoms with Crippen molar-refractivity contribution in [3.05, 3.63) is 54.1 Å². The van der Waals surface area contributed by atoms with Crippen molar-refractivity contribution in [3.8, 4) is 16.9 Å². The van der Waals surface area contributed by atoms with Crippen molar-refractivity contribution in [3.63, 3.8) is 0 Å². The van der Waals surface area contributed by atoms with Crippen LogP contribution >= 0.6 is 11.6 Å². The number of piperidine rings is 1. The zero-order chi connectivity index (χ0) is 20.3. The molecule has 156 valence electrons. The van der Waals surface area contributed by atoms with E-state index in [1.807, 2.05) is 24.3 Å². The van der Waals surface area contributed by atoms with Gasteiger partial charge < -0.3 is 14.2 Å². The summed E-state index contributed by atoms with van der Waals surface area (Å²) in [5.74, 6) is 4.21. The first-order valence-electron chi connectivity index (χ1n) is 10.6. The summed E-state index contributed by atoms with van der Waals surface area (Å²) in [6.07, 6.45) is 11.6. The van der Waals surface area contributed by atoms with Crippen molar-refractivity contribution < 1.29 is 9.26 Å². The number of rotatable bonds is 7. The zero-order valence-corrected chi connectivity index (χ0v) is 17.5. The second-order valence-corrected chi connectivity index (χ2v) is 8.70. The molecular weight excluding hydrogens is 400 g/mol. The third-order valence-corrected chi connectivity index (χ3v) is 6.58. The summed E-state index contributed by atoms with van der Waals surface area (Å²) >= 11 is 5.89. The van der Waals surface area contributed by atoms with Gasteiger partial charge in [0.05, 0.1) is 30.2 Å². The number of halogens is 1. The van der Waals surface area contributed by atoms with Gasteiger partial charge >= 0.3 is 0 Å². The molecule has 1 saturated heterocycles. The maximum atomic E-state index is 5.97. The lowest BCUT2D eigenvalue weighted by Crippen LogP contribution is -2.35. The lowest BCUT2D eigenvalue weighted by molar-refractivity contribution is 0.284. The number of ether oxygens (including phenoxy) is 1. The summed E-state index contributed by atoms with van der Waals surface area (Å²) in [7, 11) is 0. The Labute approximate surface area is 181 Å². The van der Waals surface area contributed by atoms with E-state index in [0.29, 0.717) is 5.02 Å². The van der Waals surface area contributed by atoms with Gasteiger partial charge in [-0.3, -0.25) is 0 Å². The quantitative estimate of drug-likeness (QED) is 0.525. The van der Waals surface area contributed by atoms with Crippen LogP contribution in [0.4, 0.5) is 5.95 Å². The van der Waals surface area contributed by atoms with Crippen molar-refractivity contribution in [1.29, 1.82) is 0 Å². The largest absolute Gasteiger partial charge is 0.494 e. The van der Waals surface area contributed by atoms with Crippen LogP contribution in [0.3, 0.4) is 0 Å². The molecule has 0 bridgehead atoms. The van der Waals surface area contributed by atoms with Crippen LogP contribution in [-0.4, -0.2) is 34.8 Å². The molecule has 0 amide bonds. The molecule has 3 heterocycles. The molecule has 0 N–H and O–H groups in total. The van der Waals surface area contributed by atoms with E-state index in [2.05, 4.69) is 20.0 Å². The highest BCUT2D eigenvalue weighted by Crippen LogP contribution is 2.49. The molecule has 0 unspecified atom stereocenters. The fraction of sp³-hybridized carbons (Fsp3) is 0.435. The maximum absolute atomic E-state index is 5.97. The van der Waals surface area contributed by atoms with Gasteiger partial charge in [0.1, 0.15) is 12.0 Å². The highest BCUT2D eigenvalue weighted by molar-refractivity contribution is 6.30. The minimum atomic E-state index is 0.586. The lowest BCUT2D eigenvalue weighted by Gasteiger charge is -2.32. The van der Waals surface area contributed by atoms with Gasteiger partial charge in [-0.25, -0.2) is 9.97 Å². The SMILES string of the molecule is Clc1cnc(N2CCC([C@@H]3C[C@@H]3CCOc3ccc(-c4cnoc4)cc3)CC2)nc1. The molecule has 0 spiro atoms. The van der Waals surface area contributed by atoms with Gasteiger partial charge in [0.15, 0.2) is 0 Å². The van der Waals surface area contributed by atoms with E-state index in [1.54, 1.807) is 24.9 Å². The van der Waals surface area contributed by atoms with Gasteiger partial charge in [0.25, 0.3) is 0 Å². The molecule has 2 aromatic heterocycles. The third-order valence-electron chi connectivity index (χ3n) is 6.39. The molecule has 2 atom stereocenters. The lowest BCUT2D eigenvalue weighted by atomic mass is 9.90. The second kappa shape index (κ2) is 8.64. The Hall–Kier alpha value is -2.60. The fourth-order valence-electron chi connectivity index (χ4n) is 4.60. The Morgan fingerprint density at radius 3 is 2.50 bits per heavy atom. The van der Waals surface area contributed by atoms with Crippen LogP contribution in [0.5, 0.6) is 5.75 Å². The average Bonchev–Trinajstić information content (AvgIpc) is 3.34. The number of aromatic nitrogens is 3. The summed E-state index contributed by atoms with van der Waals surface area (Å²) in [6, 6.07) is 8.11. The van der Waals surface area contributed by atoms with Gasteiger partial charge in [0.2, 0.25) is 5.95 Å². The molecule has 6 nitrogen and oxygen atoms in total.